The van der Waals surface area contributed by atoms with Crippen molar-refractivity contribution in [2.24, 2.45) is 5.92 Å². The molecule has 0 atom stereocenters. The lowest BCUT2D eigenvalue weighted by Crippen LogP contribution is -2.16. The predicted molar refractivity (Wildman–Crippen MR) is 112 cm³/mol. The van der Waals surface area contributed by atoms with Crippen LogP contribution in [-0.4, -0.2) is 13.2 Å². The fourth-order valence-corrected chi connectivity index (χ4v) is 3.35. The Kier molecular flexibility index (Phi) is 8.76. The van der Waals surface area contributed by atoms with Gasteiger partial charge in [0.1, 0.15) is 6.61 Å². The van der Waals surface area contributed by atoms with Gasteiger partial charge in [-0.2, -0.15) is 0 Å². The molecule has 0 amide bonds. The van der Waals surface area contributed by atoms with Crippen molar-refractivity contribution in [1.29, 1.82) is 0 Å². The van der Waals surface area contributed by atoms with Gasteiger partial charge in [0.15, 0.2) is 11.5 Å². The van der Waals surface area contributed by atoms with Crippen LogP contribution in [-0.2, 0) is 13.2 Å². The maximum absolute atomic E-state index is 6.04. The molecule has 0 saturated carbocycles. The Labute approximate surface area is 170 Å². The minimum absolute atomic E-state index is 0.436. The van der Waals surface area contributed by atoms with Crippen molar-refractivity contribution in [3.05, 3.63) is 57.0 Å². The summed E-state index contributed by atoms with van der Waals surface area (Å²) in [6.07, 6.45) is 1.17. The van der Waals surface area contributed by atoms with Crippen LogP contribution in [0.25, 0.3) is 0 Å². The quantitative estimate of drug-likeness (QED) is 0.445. The summed E-state index contributed by atoms with van der Waals surface area (Å²) in [6, 6.07) is 11.8. The lowest BCUT2D eigenvalue weighted by molar-refractivity contribution is 0.267. The maximum Gasteiger partial charge on any atom is 0.175 e. The molecule has 0 saturated heterocycles. The zero-order valence-corrected chi connectivity index (χ0v) is 18.0. The van der Waals surface area contributed by atoms with Crippen molar-refractivity contribution >= 4 is 27.5 Å². The summed E-state index contributed by atoms with van der Waals surface area (Å²) in [6.45, 7) is 9.28. The largest absolute Gasteiger partial charge is 0.490 e. The van der Waals surface area contributed by atoms with Crippen LogP contribution in [0.5, 0.6) is 11.5 Å². The molecule has 0 bridgehead atoms. The molecule has 2 rings (SSSR count). The Morgan fingerprint density at radius 1 is 1.12 bits per heavy atom. The van der Waals surface area contributed by atoms with Crippen LogP contribution >= 0.6 is 27.5 Å². The van der Waals surface area contributed by atoms with Gasteiger partial charge in [-0.3, -0.25) is 0 Å². The third kappa shape index (κ3) is 6.82. The third-order valence-electron chi connectivity index (χ3n) is 3.87. The second kappa shape index (κ2) is 10.8. The first-order valence-electron chi connectivity index (χ1n) is 9.02. The number of nitrogens with one attached hydrogen (secondary N) is 1. The van der Waals surface area contributed by atoms with Crippen LogP contribution in [0.2, 0.25) is 5.02 Å². The zero-order chi connectivity index (χ0) is 18.9. The normalized spacial score (nSPS) is 11.0. The highest BCUT2D eigenvalue weighted by Gasteiger charge is 2.13. The number of benzene rings is 2. The van der Waals surface area contributed by atoms with Crippen molar-refractivity contribution in [2.45, 2.75) is 40.3 Å². The average molecular weight is 441 g/mol. The number of halogens is 2. The van der Waals surface area contributed by atoms with Crippen molar-refractivity contribution in [1.82, 2.24) is 5.32 Å². The standard InChI is InChI=1S/C21H27BrClNO2/c1-4-25-20-12-17(13-24-9-8-15(2)3)11-19(22)21(20)26-14-16-6-5-7-18(23)10-16/h5-7,10-12,15,24H,4,8-9,13-14H2,1-3H3. The van der Waals surface area contributed by atoms with E-state index in [9.17, 15) is 0 Å². The zero-order valence-electron chi connectivity index (χ0n) is 15.6. The van der Waals surface area contributed by atoms with E-state index in [1.807, 2.05) is 37.3 Å². The van der Waals surface area contributed by atoms with E-state index in [4.69, 9.17) is 21.1 Å². The van der Waals surface area contributed by atoms with Gasteiger partial charge in [-0.1, -0.05) is 37.6 Å². The maximum atomic E-state index is 6.04. The average Bonchev–Trinajstić information content (AvgIpc) is 2.58. The molecule has 0 heterocycles. The second-order valence-electron chi connectivity index (χ2n) is 6.62. The van der Waals surface area contributed by atoms with Gasteiger partial charge in [0.05, 0.1) is 11.1 Å². The van der Waals surface area contributed by atoms with Gasteiger partial charge in [-0.05, 0) is 77.1 Å². The van der Waals surface area contributed by atoms with E-state index in [1.165, 1.54) is 12.0 Å². The predicted octanol–water partition coefficient (Wildman–Crippen LogP) is 6.22. The summed E-state index contributed by atoms with van der Waals surface area (Å²) in [4.78, 5) is 0. The van der Waals surface area contributed by atoms with E-state index >= 15 is 0 Å². The van der Waals surface area contributed by atoms with Crippen LogP contribution in [0, 0.1) is 5.92 Å². The van der Waals surface area contributed by atoms with Gasteiger partial charge in [0.25, 0.3) is 0 Å². The number of hydrogen-bond donors (Lipinski definition) is 1. The fraction of sp³-hybridized carbons (Fsp3) is 0.429. The lowest BCUT2D eigenvalue weighted by Gasteiger charge is -2.16. The van der Waals surface area contributed by atoms with Crippen LogP contribution in [0.1, 0.15) is 38.3 Å². The van der Waals surface area contributed by atoms with Crippen LogP contribution < -0.4 is 14.8 Å². The Bertz CT molecular complexity index is 706. The van der Waals surface area contributed by atoms with Crippen LogP contribution in [0.4, 0.5) is 0 Å². The molecule has 5 heteroatoms. The van der Waals surface area contributed by atoms with Crippen molar-refractivity contribution < 1.29 is 9.47 Å². The summed E-state index contributed by atoms with van der Waals surface area (Å²) in [5.41, 5.74) is 2.19. The summed E-state index contributed by atoms with van der Waals surface area (Å²) in [5, 5.41) is 4.19. The molecular formula is C21H27BrClNO2. The van der Waals surface area contributed by atoms with Crippen molar-refractivity contribution in [3.63, 3.8) is 0 Å². The number of rotatable bonds is 10. The molecule has 26 heavy (non-hydrogen) atoms. The molecule has 142 valence electrons. The number of hydrogen-bond acceptors (Lipinski definition) is 3. The lowest BCUT2D eigenvalue weighted by atomic mass is 10.1. The van der Waals surface area contributed by atoms with E-state index in [2.05, 4.69) is 41.2 Å². The SMILES string of the molecule is CCOc1cc(CNCCC(C)C)cc(Br)c1OCc1cccc(Cl)c1. The highest BCUT2D eigenvalue weighted by Crippen LogP contribution is 2.37. The first-order chi connectivity index (χ1) is 12.5. The van der Waals surface area contributed by atoms with E-state index in [1.54, 1.807) is 0 Å². The molecule has 0 aliphatic heterocycles. The Hall–Kier alpha value is -1.23. The summed E-state index contributed by atoms with van der Waals surface area (Å²) in [5.74, 6) is 2.18. The monoisotopic (exact) mass is 439 g/mol. The molecule has 0 radical (unpaired) electrons. The van der Waals surface area contributed by atoms with E-state index in [0.29, 0.717) is 24.2 Å². The molecule has 1 N–H and O–H groups in total. The van der Waals surface area contributed by atoms with Gasteiger partial charge in [0.2, 0.25) is 0 Å². The first kappa shape index (κ1) is 21.1. The molecule has 2 aromatic carbocycles. The molecular weight excluding hydrogens is 414 g/mol. The molecule has 0 fully saturated rings. The first-order valence-corrected chi connectivity index (χ1v) is 10.2. The highest BCUT2D eigenvalue weighted by atomic mass is 79.9. The molecule has 3 nitrogen and oxygen atoms in total. The molecule has 0 unspecified atom stereocenters. The number of ether oxygens (including phenoxy) is 2. The van der Waals surface area contributed by atoms with Crippen LogP contribution in [0.15, 0.2) is 40.9 Å². The minimum Gasteiger partial charge on any atom is -0.490 e. The van der Waals surface area contributed by atoms with Crippen molar-refractivity contribution in [2.75, 3.05) is 13.2 Å². The van der Waals surface area contributed by atoms with E-state index < -0.39 is 0 Å². The molecule has 0 spiro atoms. The Morgan fingerprint density at radius 2 is 1.92 bits per heavy atom. The summed E-state index contributed by atoms with van der Waals surface area (Å²) >= 11 is 9.67. The Balaban J connectivity index is 2.07. The van der Waals surface area contributed by atoms with Gasteiger partial charge in [-0.25, -0.2) is 0 Å². The molecule has 2 aromatic rings. The van der Waals surface area contributed by atoms with Gasteiger partial charge < -0.3 is 14.8 Å². The van der Waals surface area contributed by atoms with Crippen LogP contribution in [0.3, 0.4) is 0 Å². The van der Waals surface area contributed by atoms with Gasteiger partial charge >= 0.3 is 0 Å². The minimum atomic E-state index is 0.436. The second-order valence-corrected chi connectivity index (χ2v) is 7.91. The smallest absolute Gasteiger partial charge is 0.175 e. The Morgan fingerprint density at radius 3 is 2.62 bits per heavy atom. The fourth-order valence-electron chi connectivity index (χ4n) is 2.53. The molecule has 0 aromatic heterocycles. The van der Waals surface area contributed by atoms with Crippen molar-refractivity contribution in [3.8, 4) is 11.5 Å². The third-order valence-corrected chi connectivity index (χ3v) is 4.69. The summed E-state index contributed by atoms with van der Waals surface area (Å²) < 4.78 is 12.7. The topological polar surface area (TPSA) is 30.5 Å². The molecule has 0 aliphatic carbocycles. The van der Waals surface area contributed by atoms with Gasteiger partial charge in [0, 0.05) is 11.6 Å². The summed E-state index contributed by atoms with van der Waals surface area (Å²) in [7, 11) is 0. The van der Waals surface area contributed by atoms with E-state index in [-0.39, 0.29) is 0 Å². The van der Waals surface area contributed by atoms with E-state index in [0.717, 1.165) is 34.6 Å². The highest BCUT2D eigenvalue weighted by molar-refractivity contribution is 9.10. The molecule has 0 aliphatic rings. The van der Waals surface area contributed by atoms with Gasteiger partial charge in [-0.15, -0.1) is 0 Å².